The van der Waals surface area contributed by atoms with E-state index < -0.39 is 0 Å². The summed E-state index contributed by atoms with van der Waals surface area (Å²) in [6, 6.07) is 6.48. The molecule has 212 valence electrons. The predicted molar refractivity (Wildman–Crippen MR) is 172 cm³/mol. The summed E-state index contributed by atoms with van der Waals surface area (Å²) in [5.74, 6) is 10.7. The topological polar surface area (TPSA) is 53.4 Å². The Bertz CT molecular complexity index is 1240. The number of allylic oxidation sites excluding steroid dienone is 2. The molecule has 0 atom stereocenters. The average Bonchev–Trinajstić information content (AvgIpc) is 3.62. The summed E-state index contributed by atoms with van der Waals surface area (Å²) in [6.07, 6.45) is 6.01. The van der Waals surface area contributed by atoms with Crippen LogP contribution in [0.3, 0.4) is 0 Å². The van der Waals surface area contributed by atoms with Crippen molar-refractivity contribution in [3.63, 3.8) is 0 Å². The highest BCUT2D eigenvalue weighted by Gasteiger charge is 2.15. The highest BCUT2D eigenvalue weighted by molar-refractivity contribution is 5.92. The highest BCUT2D eigenvalue weighted by atomic mass is 14.9. The van der Waals surface area contributed by atoms with Crippen molar-refractivity contribution in [2.75, 3.05) is 0 Å². The van der Waals surface area contributed by atoms with Crippen molar-refractivity contribution in [3.05, 3.63) is 53.1 Å². The minimum Gasteiger partial charge on any atom is -0.342 e. The van der Waals surface area contributed by atoms with E-state index in [2.05, 4.69) is 133 Å². The average molecular weight is 529 g/mol. The lowest BCUT2D eigenvalue weighted by molar-refractivity contribution is 0.750. The van der Waals surface area contributed by atoms with Gasteiger partial charge in [0.15, 0.2) is 0 Å². The van der Waals surface area contributed by atoms with E-state index in [0.717, 1.165) is 35.3 Å². The number of aromatic nitrogens is 2. The fourth-order valence-electron chi connectivity index (χ4n) is 3.97. The SMILES string of the molecule is CC(C)C#CC1=CN=C(C(C)C)C1.CC(C)C1=CN=C(C(C)C)C1.CC(C)c1ccc2nc(C(C)C)[nH]c2c1. The molecule has 2 aliphatic rings. The zero-order chi connectivity index (χ0) is 29.3. The monoisotopic (exact) mass is 528 g/mol. The Balaban J connectivity index is 0.000000208. The maximum atomic E-state index is 4.56. The third-order valence-corrected chi connectivity index (χ3v) is 6.87. The van der Waals surface area contributed by atoms with Crippen LogP contribution >= 0.6 is 0 Å². The van der Waals surface area contributed by atoms with Crippen molar-refractivity contribution in [3.8, 4) is 11.8 Å². The molecule has 0 spiro atoms. The number of nitrogens with zero attached hydrogens (tertiary/aromatic N) is 3. The number of aliphatic imine (C=N–C) groups is 2. The van der Waals surface area contributed by atoms with Crippen LogP contribution in [0.2, 0.25) is 0 Å². The zero-order valence-corrected chi connectivity index (χ0v) is 26.6. The highest BCUT2D eigenvalue weighted by Crippen LogP contribution is 2.23. The van der Waals surface area contributed by atoms with Gasteiger partial charge in [0.05, 0.1) is 11.0 Å². The van der Waals surface area contributed by atoms with Gasteiger partial charge < -0.3 is 4.98 Å². The normalized spacial score (nSPS) is 14.7. The van der Waals surface area contributed by atoms with Crippen LogP contribution in [0.15, 0.2) is 51.7 Å². The Morgan fingerprint density at radius 3 is 1.77 bits per heavy atom. The Kier molecular flexibility index (Phi) is 12.4. The molecule has 1 aromatic heterocycles. The van der Waals surface area contributed by atoms with E-state index in [0.29, 0.717) is 35.5 Å². The number of benzene rings is 1. The summed E-state index contributed by atoms with van der Waals surface area (Å²) in [7, 11) is 0. The molecule has 0 fully saturated rings. The molecule has 0 aliphatic carbocycles. The molecule has 2 aliphatic heterocycles. The standard InChI is InChI=1S/C13H18N2.C12H17N.C10H17N/c1-8(2)10-5-6-11-12(7-10)15-13(14-11)9(3)4;1-9(2)5-6-11-7-12(10(3)4)13-8-11;1-7(2)9-5-10(8(3)4)11-6-9/h5-9H,1-4H3,(H,14,15);8-10H,7H2,1-4H3;6-8H,5H2,1-4H3. The molecule has 0 saturated heterocycles. The summed E-state index contributed by atoms with van der Waals surface area (Å²) in [5, 5.41) is 0. The third kappa shape index (κ3) is 10.3. The van der Waals surface area contributed by atoms with Crippen LogP contribution in [-0.2, 0) is 0 Å². The van der Waals surface area contributed by atoms with E-state index >= 15 is 0 Å². The van der Waals surface area contributed by atoms with Crippen LogP contribution in [-0.4, -0.2) is 21.4 Å². The fourth-order valence-corrected chi connectivity index (χ4v) is 3.97. The molecule has 4 nitrogen and oxygen atoms in total. The predicted octanol–water partition coefficient (Wildman–Crippen LogP) is 9.87. The summed E-state index contributed by atoms with van der Waals surface area (Å²) >= 11 is 0. The minimum atomic E-state index is 0.448. The van der Waals surface area contributed by atoms with Gasteiger partial charge in [0.1, 0.15) is 5.82 Å². The van der Waals surface area contributed by atoms with E-state index in [1.165, 1.54) is 22.6 Å². The lowest BCUT2D eigenvalue weighted by Crippen LogP contribution is -2.06. The first-order valence-corrected chi connectivity index (χ1v) is 14.8. The molecule has 0 amide bonds. The molecule has 1 aromatic carbocycles. The van der Waals surface area contributed by atoms with Gasteiger partial charge in [0, 0.05) is 54.1 Å². The van der Waals surface area contributed by atoms with Gasteiger partial charge in [0.2, 0.25) is 0 Å². The number of fused-ring (bicyclic) bond motifs is 1. The van der Waals surface area contributed by atoms with Crippen LogP contribution in [0.25, 0.3) is 11.0 Å². The number of aromatic amines is 1. The number of imidazole rings is 1. The van der Waals surface area contributed by atoms with Crippen LogP contribution in [0.5, 0.6) is 0 Å². The Morgan fingerprint density at radius 2 is 1.31 bits per heavy atom. The van der Waals surface area contributed by atoms with Gasteiger partial charge in [-0.15, -0.1) is 0 Å². The maximum absolute atomic E-state index is 4.56. The van der Waals surface area contributed by atoms with E-state index in [1.54, 1.807) is 0 Å². The third-order valence-electron chi connectivity index (χ3n) is 6.87. The molecule has 39 heavy (non-hydrogen) atoms. The molecule has 0 unspecified atom stereocenters. The number of H-pyrrole nitrogens is 1. The largest absolute Gasteiger partial charge is 0.342 e. The van der Waals surface area contributed by atoms with Crippen LogP contribution in [0.4, 0.5) is 0 Å². The van der Waals surface area contributed by atoms with Crippen molar-refractivity contribution in [2.45, 2.75) is 108 Å². The maximum Gasteiger partial charge on any atom is 0.109 e. The molecule has 4 heteroatoms. The molecule has 0 bridgehead atoms. The van der Waals surface area contributed by atoms with Crippen molar-refractivity contribution in [1.82, 2.24) is 9.97 Å². The molecule has 0 radical (unpaired) electrons. The molecule has 2 aromatic rings. The lowest BCUT2D eigenvalue weighted by atomic mass is 9.96. The molecular formula is C35H52N4. The number of rotatable bonds is 5. The Morgan fingerprint density at radius 1 is 0.692 bits per heavy atom. The number of hydrogen-bond acceptors (Lipinski definition) is 3. The Labute approximate surface area is 238 Å². The smallest absolute Gasteiger partial charge is 0.109 e. The minimum absolute atomic E-state index is 0.448. The molecule has 3 heterocycles. The van der Waals surface area contributed by atoms with Gasteiger partial charge in [-0.25, -0.2) is 4.98 Å². The quantitative estimate of drug-likeness (QED) is 0.386. The first-order valence-electron chi connectivity index (χ1n) is 14.8. The van der Waals surface area contributed by atoms with E-state index in [9.17, 15) is 0 Å². The second-order valence-corrected chi connectivity index (χ2v) is 12.5. The van der Waals surface area contributed by atoms with Gasteiger partial charge in [-0.1, -0.05) is 101 Å². The van der Waals surface area contributed by atoms with Crippen LogP contribution in [0.1, 0.15) is 119 Å². The van der Waals surface area contributed by atoms with E-state index in [-0.39, 0.29) is 0 Å². The second-order valence-electron chi connectivity index (χ2n) is 12.5. The van der Waals surface area contributed by atoms with E-state index in [4.69, 9.17) is 0 Å². The van der Waals surface area contributed by atoms with Gasteiger partial charge in [0.25, 0.3) is 0 Å². The summed E-state index contributed by atoms with van der Waals surface area (Å²) in [5.41, 5.74) is 8.84. The van der Waals surface area contributed by atoms with Crippen molar-refractivity contribution in [2.24, 2.45) is 33.7 Å². The molecule has 0 saturated carbocycles. The van der Waals surface area contributed by atoms with Crippen molar-refractivity contribution >= 4 is 22.5 Å². The fraction of sp³-hybridized carbons (Fsp3) is 0.571. The molecule has 4 rings (SSSR count). The molecular weight excluding hydrogens is 476 g/mol. The number of nitrogens with one attached hydrogen (secondary N) is 1. The van der Waals surface area contributed by atoms with Gasteiger partial charge in [-0.2, -0.15) is 0 Å². The second kappa shape index (κ2) is 15.0. The lowest BCUT2D eigenvalue weighted by Gasteiger charge is -2.07. The Hall–Kier alpha value is -2.93. The van der Waals surface area contributed by atoms with Crippen LogP contribution < -0.4 is 0 Å². The summed E-state index contributed by atoms with van der Waals surface area (Å²) < 4.78 is 0. The molecule has 1 N–H and O–H groups in total. The van der Waals surface area contributed by atoms with Crippen molar-refractivity contribution < 1.29 is 0 Å². The van der Waals surface area contributed by atoms with Gasteiger partial charge in [-0.3, -0.25) is 9.98 Å². The summed E-state index contributed by atoms with van der Waals surface area (Å²) in [6.45, 7) is 26.1. The van der Waals surface area contributed by atoms with E-state index in [1.807, 2.05) is 12.4 Å². The van der Waals surface area contributed by atoms with Crippen molar-refractivity contribution in [1.29, 1.82) is 0 Å². The number of hydrogen-bond donors (Lipinski definition) is 1. The first kappa shape index (κ1) is 32.3. The van der Waals surface area contributed by atoms with Gasteiger partial charge in [-0.05, 0) is 46.9 Å². The first-order chi connectivity index (χ1) is 18.3. The zero-order valence-electron chi connectivity index (χ0n) is 26.6. The van der Waals surface area contributed by atoms with Crippen LogP contribution in [0, 0.1) is 35.5 Å². The summed E-state index contributed by atoms with van der Waals surface area (Å²) in [4.78, 5) is 16.7. The van der Waals surface area contributed by atoms with Gasteiger partial charge >= 0.3 is 0 Å².